The quantitative estimate of drug-likeness (QED) is 0.234. The second-order valence-corrected chi connectivity index (χ2v) is 8.98. The average molecular weight is 518 g/mol. The highest BCUT2D eigenvalue weighted by Crippen LogP contribution is 2.30. The molecule has 3 aromatic carbocycles. The molecule has 178 valence electrons. The van der Waals surface area contributed by atoms with E-state index in [1.54, 1.807) is 72.8 Å². The lowest BCUT2D eigenvalue weighted by Crippen LogP contribution is -2.41. The highest BCUT2D eigenvalue weighted by atomic mass is 35.5. The lowest BCUT2D eigenvalue weighted by atomic mass is 10.2. The van der Waals surface area contributed by atoms with Crippen LogP contribution in [0.4, 0.5) is 5.69 Å². The molecule has 0 radical (unpaired) electrons. The van der Waals surface area contributed by atoms with Gasteiger partial charge in [0.05, 0.1) is 11.4 Å². The summed E-state index contributed by atoms with van der Waals surface area (Å²) >= 11 is 7.32. The Morgan fingerprint density at radius 2 is 1.67 bits per heavy atom. The van der Waals surface area contributed by atoms with Crippen molar-refractivity contribution in [3.05, 3.63) is 117 Å². The number of amides is 1. The fraction of sp³-hybridized carbons (Fsp3) is 0.0385. The Bertz CT molecular complexity index is 1560. The number of carbonyl (C=O) groups is 2. The van der Waals surface area contributed by atoms with Crippen LogP contribution in [0.25, 0.3) is 11.8 Å². The van der Waals surface area contributed by atoms with Gasteiger partial charge in [-0.15, -0.1) is 0 Å². The molecule has 1 N–H and O–H groups in total. The molecule has 1 amide bonds. The molecule has 0 spiro atoms. The molecule has 0 bridgehead atoms. The summed E-state index contributed by atoms with van der Waals surface area (Å²) in [7, 11) is 0. The Morgan fingerprint density at radius 3 is 2.39 bits per heavy atom. The Morgan fingerprint density at radius 1 is 1.00 bits per heavy atom. The maximum absolute atomic E-state index is 13.3. The van der Waals surface area contributed by atoms with E-state index in [-0.39, 0.29) is 23.1 Å². The predicted octanol–water partition coefficient (Wildman–Crippen LogP) is 4.26. The molecule has 0 unspecified atom stereocenters. The predicted molar refractivity (Wildman–Crippen MR) is 138 cm³/mol. The number of aliphatic imine (C=N–C) groups is 1. The molecule has 0 aliphatic carbocycles. The first kappa shape index (κ1) is 23.5. The van der Waals surface area contributed by atoms with Gasteiger partial charge in [0.25, 0.3) is 5.91 Å². The zero-order chi connectivity index (χ0) is 25.1. The zero-order valence-corrected chi connectivity index (χ0v) is 20.2. The van der Waals surface area contributed by atoms with Gasteiger partial charge in [0, 0.05) is 17.2 Å². The molecule has 1 aliphatic heterocycles. The molecule has 0 saturated heterocycles. The minimum atomic E-state index is -0.784. The van der Waals surface area contributed by atoms with Crippen molar-refractivity contribution in [2.24, 2.45) is 4.99 Å². The van der Waals surface area contributed by atoms with Gasteiger partial charge in [-0.25, -0.2) is 9.79 Å². The number of benzene rings is 3. The van der Waals surface area contributed by atoms with E-state index in [1.807, 2.05) is 18.2 Å². The molecule has 10 heteroatoms. The average Bonchev–Trinajstić information content (AvgIpc) is 3.44. The standard InChI is InChI=1S/C26H17ClN4O4S/c27-20-14-8-7-9-17(20)15-21-24(33)30(18-10-3-1-4-11-18)26(28-21)36-16-22(32)23-25(34)35-29-31(23)19-12-5-2-6-13-19/h1-15H,16H2/p+1/b21-15+. The second-order valence-electron chi connectivity index (χ2n) is 7.63. The number of anilines is 1. The van der Waals surface area contributed by atoms with Crippen LogP contribution < -0.4 is 15.2 Å². The van der Waals surface area contributed by atoms with Crippen LogP contribution in [0.15, 0.2) is 105 Å². The van der Waals surface area contributed by atoms with Gasteiger partial charge in [0.2, 0.25) is 11.5 Å². The van der Waals surface area contributed by atoms with E-state index >= 15 is 0 Å². The summed E-state index contributed by atoms with van der Waals surface area (Å²) in [5.41, 5.74) is 1.06. The lowest BCUT2D eigenvalue weighted by molar-refractivity contribution is -0.672. The zero-order valence-electron chi connectivity index (χ0n) is 18.6. The summed E-state index contributed by atoms with van der Waals surface area (Å²) in [6.45, 7) is 0. The van der Waals surface area contributed by atoms with Crippen LogP contribution in [0.3, 0.4) is 0 Å². The molecular formula is C26H18ClN4O4S+. The highest BCUT2D eigenvalue weighted by Gasteiger charge is 2.35. The van der Waals surface area contributed by atoms with Crippen molar-refractivity contribution in [2.75, 3.05) is 10.7 Å². The number of Topliss-reactive ketones (excluding diaryl/α,β-unsaturated/α-hetero) is 1. The third kappa shape index (κ3) is 4.66. The smallest absolute Gasteiger partial charge is 0.286 e. The number of aromatic nitrogens is 2. The van der Waals surface area contributed by atoms with Crippen molar-refractivity contribution in [3.63, 3.8) is 0 Å². The van der Waals surface area contributed by atoms with Crippen LogP contribution in [0, 0.1) is 0 Å². The number of aromatic amines is 1. The number of hydrogen-bond acceptors (Lipinski definition) is 6. The van der Waals surface area contributed by atoms with Crippen LogP contribution in [0.5, 0.6) is 0 Å². The van der Waals surface area contributed by atoms with E-state index in [2.05, 4.69) is 10.3 Å². The first-order valence-corrected chi connectivity index (χ1v) is 12.2. The Hall–Kier alpha value is -4.21. The lowest BCUT2D eigenvalue weighted by Gasteiger charge is -2.17. The normalized spacial score (nSPS) is 14.4. The van der Waals surface area contributed by atoms with Gasteiger partial charge >= 0.3 is 11.3 Å². The molecule has 5 rings (SSSR count). The molecule has 2 heterocycles. The van der Waals surface area contributed by atoms with Crippen LogP contribution >= 0.6 is 23.4 Å². The first-order valence-electron chi connectivity index (χ1n) is 10.8. The van der Waals surface area contributed by atoms with E-state index < -0.39 is 11.4 Å². The van der Waals surface area contributed by atoms with Crippen LogP contribution in [-0.2, 0) is 4.79 Å². The van der Waals surface area contributed by atoms with Crippen molar-refractivity contribution >= 4 is 52.0 Å². The fourth-order valence-electron chi connectivity index (χ4n) is 3.61. The van der Waals surface area contributed by atoms with Crippen molar-refractivity contribution < 1.29 is 18.8 Å². The number of ketones is 1. The third-order valence-electron chi connectivity index (χ3n) is 5.30. The van der Waals surface area contributed by atoms with E-state index in [0.717, 1.165) is 11.8 Å². The number of carbonyl (C=O) groups excluding carboxylic acids is 2. The van der Waals surface area contributed by atoms with Crippen molar-refractivity contribution in [3.8, 4) is 5.69 Å². The number of halogens is 1. The van der Waals surface area contributed by atoms with Gasteiger partial charge in [-0.3, -0.25) is 19.0 Å². The van der Waals surface area contributed by atoms with Crippen LogP contribution in [0.1, 0.15) is 16.1 Å². The van der Waals surface area contributed by atoms with E-state index in [4.69, 9.17) is 16.1 Å². The number of amidine groups is 1. The van der Waals surface area contributed by atoms with E-state index in [1.165, 1.54) is 9.58 Å². The van der Waals surface area contributed by atoms with Crippen LogP contribution in [0.2, 0.25) is 5.02 Å². The minimum Gasteiger partial charge on any atom is -0.286 e. The van der Waals surface area contributed by atoms with Gasteiger partial charge in [0.1, 0.15) is 5.70 Å². The fourth-order valence-corrected chi connectivity index (χ4v) is 4.67. The number of hydrogen-bond donors (Lipinski definition) is 1. The SMILES string of the molecule is O=C(CSC1=N/C(=C/c2ccccc2Cl)C(=O)N1c1ccccc1)c1c(=O)o[nH][n+]1-c1ccccc1. The molecule has 8 nitrogen and oxygen atoms in total. The molecule has 0 fully saturated rings. The number of rotatable bonds is 6. The second kappa shape index (κ2) is 10.2. The Balaban J connectivity index is 1.45. The Kier molecular flexibility index (Phi) is 6.66. The van der Waals surface area contributed by atoms with Gasteiger partial charge in [0.15, 0.2) is 5.17 Å². The maximum atomic E-state index is 13.3. The molecule has 1 aliphatic rings. The highest BCUT2D eigenvalue weighted by molar-refractivity contribution is 8.14. The molecule has 0 atom stereocenters. The summed E-state index contributed by atoms with van der Waals surface area (Å²) in [6, 6.07) is 25.0. The molecule has 36 heavy (non-hydrogen) atoms. The number of nitrogens with one attached hydrogen (secondary N) is 1. The summed E-state index contributed by atoms with van der Waals surface area (Å²) in [6.07, 6.45) is 1.61. The number of para-hydroxylation sites is 2. The van der Waals surface area contributed by atoms with Gasteiger partial charge in [-0.05, 0) is 39.8 Å². The van der Waals surface area contributed by atoms with Gasteiger partial charge in [-0.2, -0.15) is 0 Å². The molecular weight excluding hydrogens is 500 g/mol. The third-order valence-corrected chi connectivity index (χ3v) is 6.58. The topological polar surface area (TPSA) is 99.6 Å². The van der Waals surface area contributed by atoms with Crippen LogP contribution in [-0.4, -0.2) is 27.9 Å². The van der Waals surface area contributed by atoms with E-state index in [0.29, 0.717) is 27.1 Å². The maximum Gasteiger partial charge on any atom is 0.438 e. The van der Waals surface area contributed by atoms with Crippen molar-refractivity contribution in [1.29, 1.82) is 0 Å². The van der Waals surface area contributed by atoms with Gasteiger partial charge < -0.3 is 0 Å². The number of H-pyrrole nitrogens is 1. The number of nitrogens with zero attached hydrogens (tertiary/aromatic N) is 3. The minimum absolute atomic E-state index is 0.149. The van der Waals surface area contributed by atoms with Crippen molar-refractivity contribution in [2.45, 2.75) is 0 Å². The largest absolute Gasteiger partial charge is 0.438 e. The molecule has 4 aromatic rings. The summed E-state index contributed by atoms with van der Waals surface area (Å²) in [5, 5.41) is 3.26. The summed E-state index contributed by atoms with van der Waals surface area (Å²) in [4.78, 5) is 44.7. The first-order chi connectivity index (χ1) is 17.5. The monoisotopic (exact) mass is 517 g/mol. The van der Waals surface area contributed by atoms with Crippen molar-refractivity contribution in [1.82, 2.24) is 5.27 Å². The number of thioether (sulfide) groups is 1. The summed E-state index contributed by atoms with van der Waals surface area (Å²) in [5.74, 6) is -0.980. The Labute approximate surface area is 214 Å². The van der Waals surface area contributed by atoms with E-state index in [9.17, 15) is 14.4 Å². The molecule has 0 saturated carbocycles. The molecule has 1 aromatic heterocycles. The summed E-state index contributed by atoms with van der Waals surface area (Å²) < 4.78 is 6.18. The van der Waals surface area contributed by atoms with Gasteiger partial charge in [-0.1, -0.05) is 78.0 Å².